The van der Waals surface area contributed by atoms with E-state index in [4.69, 9.17) is 21.9 Å². The van der Waals surface area contributed by atoms with Gasteiger partial charge in [-0.15, -0.1) is 0 Å². The molecule has 2 aromatic rings. The molecule has 0 aromatic carbocycles. The van der Waals surface area contributed by atoms with Crippen LogP contribution in [-0.4, -0.2) is 4.98 Å². The van der Waals surface area contributed by atoms with Crippen LogP contribution in [0.5, 0.6) is 0 Å². The molecule has 2 rings (SSSR count). The number of nitrogens with one attached hydrogen (secondary N) is 1. The Kier molecular flexibility index (Phi) is 4.36. The minimum Gasteiger partial charge on any atom is -0.453 e. The van der Waals surface area contributed by atoms with Crippen LogP contribution in [0.15, 0.2) is 35.1 Å². The van der Waals surface area contributed by atoms with Crippen molar-refractivity contribution in [3.8, 4) is 0 Å². The van der Waals surface area contributed by atoms with Gasteiger partial charge in [0.25, 0.3) is 0 Å². The van der Waals surface area contributed by atoms with Crippen molar-refractivity contribution in [1.82, 2.24) is 10.4 Å². The molecule has 2 heterocycles. The molecule has 2 aromatic heterocycles. The van der Waals surface area contributed by atoms with E-state index >= 15 is 0 Å². The average Bonchev–Trinajstić information content (AvgIpc) is 2.83. The fourth-order valence-corrected chi connectivity index (χ4v) is 2.05. The minimum absolute atomic E-state index is 0.101. The van der Waals surface area contributed by atoms with Crippen molar-refractivity contribution in [1.29, 1.82) is 0 Å². The summed E-state index contributed by atoms with van der Waals surface area (Å²) in [5, 5.41) is 0.364. The quantitative estimate of drug-likeness (QED) is 0.644. The molecule has 0 spiro atoms. The van der Waals surface area contributed by atoms with Gasteiger partial charge in [-0.05, 0) is 35.7 Å². The maximum absolute atomic E-state index is 5.94. The fraction of sp³-hybridized carbons (Fsp3) is 0.308. The first-order valence-electron chi connectivity index (χ1n) is 5.87. The fourth-order valence-electron chi connectivity index (χ4n) is 1.81. The molecule has 1 atom stereocenters. The molecule has 4 nitrogen and oxygen atoms in total. The average molecular weight is 266 g/mol. The van der Waals surface area contributed by atoms with Gasteiger partial charge < -0.3 is 4.42 Å². The molecule has 1 unspecified atom stereocenters. The van der Waals surface area contributed by atoms with Gasteiger partial charge in [-0.1, -0.05) is 13.0 Å². The highest BCUT2D eigenvalue weighted by molar-refractivity contribution is 6.29. The highest BCUT2D eigenvalue weighted by Gasteiger charge is 2.16. The lowest BCUT2D eigenvalue weighted by Crippen LogP contribution is -2.29. The summed E-state index contributed by atoms with van der Waals surface area (Å²) in [6, 6.07) is 5.80. The number of aromatic nitrogens is 1. The number of nitrogens with zero attached hydrogens (tertiary/aromatic N) is 1. The second kappa shape index (κ2) is 6.00. The van der Waals surface area contributed by atoms with Gasteiger partial charge in [0.05, 0.1) is 12.3 Å². The van der Waals surface area contributed by atoms with E-state index in [1.807, 2.05) is 18.3 Å². The molecule has 5 heteroatoms. The molecule has 0 radical (unpaired) electrons. The third kappa shape index (κ3) is 2.90. The lowest BCUT2D eigenvalue weighted by molar-refractivity contribution is 0.523. The smallest absolute Gasteiger partial charge is 0.197 e. The van der Waals surface area contributed by atoms with Gasteiger partial charge in [0.2, 0.25) is 0 Å². The third-order valence-electron chi connectivity index (χ3n) is 2.93. The van der Waals surface area contributed by atoms with E-state index in [0.717, 1.165) is 17.7 Å². The number of hydrogen-bond acceptors (Lipinski definition) is 4. The Bertz CT molecular complexity index is 495. The Labute approximate surface area is 111 Å². The van der Waals surface area contributed by atoms with E-state index in [9.17, 15) is 0 Å². The molecule has 0 fully saturated rings. The molecule has 0 bridgehead atoms. The van der Waals surface area contributed by atoms with Gasteiger partial charge >= 0.3 is 0 Å². The Morgan fingerprint density at radius 1 is 1.44 bits per heavy atom. The van der Waals surface area contributed by atoms with Crippen molar-refractivity contribution in [2.45, 2.75) is 25.8 Å². The van der Waals surface area contributed by atoms with Gasteiger partial charge in [0.15, 0.2) is 5.22 Å². The van der Waals surface area contributed by atoms with Crippen LogP contribution in [0, 0.1) is 0 Å². The van der Waals surface area contributed by atoms with Crippen molar-refractivity contribution < 1.29 is 4.42 Å². The number of furan rings is 1. The van der Waals surface area contributed by atoms with E-state index in [1.165, 1.54) is 5.56 Å². The first-order valence-corrected chi connectivity index (χ1v) is 6.25. The first-order chi connectivity index (χ1) is 8.74. The van der Waals surface area contributed by atoms with Crippen molar-refractivity contribution in [3.63, 3.8) is 0 Å². The lowest BCUT2D eigenvalue weighted by atomic mass is 10.0. The molecular weight excluding hydrogens is 250 g/mol. The Morgan fingerprint density at radius 2 is 2.28 bits per heavy atom. The summed E-state index contributed by atoms with van der Waals surface area (Å²) < 4.78 is 5.07. The molecule has 18 heavy (non-hydrogen) atoms. The number of rotatable bonds is 5. The van der Waals surface area contributed by atoms with Gasteiger partial charge in [0.1, 0.15) is 0 Å². The predicted molar refractivity (Wildman–Crippen MR) is 71.1 cm³/mol. The molecule has 0 amide bonds. The largest absolute Gasteiger partial charge is 0.453 e. The van der Waals surface area contributed by atoms with Gasteiger partial charge in [-0.25, -0.2) is 0 Å². The van der Waals surface area contributed by atoms with Crippen LogP contribution in [0.4, 0.5) is 0 Å². The van der Waals surface area contributed by atoms with Crippen LogP contribution in [0.2, 0.25) is 5.22 Å². The second-order valence-electron chi connectivity index (χ2n) is 4.08. The number of pyridine rings is 1. The molecule has 0 aliphatic rings. The van der Waals surface area contributed by atoms with Gasteiger partial charge in [0, 0.05) is 23.9 Å². The number of nitrogens with two attached hydrogens (primary N) is 1. The topological polar surface area (TPSA) is 64.1 Å². The molecule has 0 aliphatic heterocycles. The summed E-state index contributed by atoms with van der Waals surface area (Å²) in [5.74, 6) is 5.56. The Balaban J connectivity index is 2.13. The predicted octanol–water partition coefficient (Wildman–Crippen LogP) is 2.64. The zero-order valence-electron chi connectivity index (χ0n) is 10.2. The minimum atomic E-state index is -0.101. The number of halogens is 1. The van der Waals surface area contributed by atoms with Crippen LogP contribution >= 0.6 is 11.6 Å². The van der Waals surface area contributed by atoms with E-state index in [0.29, 0.717) is 11.6 Å². The number of hydrazine groups is 1. The van der Waals surface area contributed by atoms with Gasteiger partial charge in [-0.3, -0.25) is 16.3 Å². The summed E-state index contributed by atoms with van der Waals surface area (Å²) in [5.41, 5.74) is 5.77. The van der Waals surface area contributed by atoms with Crippen LogP contribution in [0.1, 0.15) is 29.8 Å². The maximum atomic E-state index is 5.94. The lowest BCUT2D eigenvalue weighted by Gasteiger charge is -2.14. The molecule has 96 valence electrons. The SMILES string of the molecule is CCc1ccc(CC(NN)c2ccoc2Cl)nc1. The van der Waals surface area contributed by atoms with Crippen LogP contribution in [0.3, 0.4) is 0 Å². The zero-order valence-corrected chi connectivity index (χ0v) is 10.9. The third-order valence-corrected chi connectivity index (χ3v) is 3.24. The van der Waals surface area contributed by atoms with Crippen molar-refractivity contribution in [2.75, 3.05) is 0 Å². The summed E-state index contributed by atoms with van der Waals surface area (Å²) in [4.78, 5) is 4.41. The zero-order chi connectivity index (χ0) is 13.0. The standard InChI is InChI=1S/C13H16ClN3O/c1-2-9-3-4-10(16-8-9)7-12(17-15)11-5-6-18-13(11)14/h3-6,8,12,17H,2,7,15H2,1H3. The van der Waals surface area contributed by atoms with E-state index in [-0.39, 0.29) is 6.04 Å². The Morgan fingerprint density at radius 3 is 2.78 bits per heavy atom. The number of hydrogen-bond donors (Lipinski definition) is 2. The molecule has 3 N–H and O–H groups in total. The second-order valence-corrected chi connectivity index (χ2v) is 4.43. The maximum Gasteiger partial charge on any atom is 0.197 e. The Hall–Kier alpha value is -1.36. The number of aryl methyl sites for hydroxylation is 1. The highest BCUT2D eigenvalue weighted by atomic mass is 35.5. The molecular formula is C13H16ClN3O. The van der Waals surface area contributed by atoms with Crippen molar-refractivity contribution in [2.24, 2.45) is 5.84 Å². The van der Waals surface area contributed by atoms with Crippen molar-refractivity contribution >= 4 is 11.6 Å². The van der Waals surface area contributed by atoms with Gasteiger partial charge in [-0.2, -0.15) is 0 Å². The normalized spacial score (nSPS) is 12.6. The van der Waals surface area contributed by atoms with Crippen LogP contribution in [-0.2, 0) is 12.8 Å². The molecule has 0 aliphatic carbocycles. The summed E-state index contributed by atoms with van der Waals surface area (Å²) in [7, 11) is 0. The first kappa shape index (κ1) is 13.1. The summed E-state index contributed by atoms with van der Waals surface area (Å²) in [6.07, 6.45) is 5.09. The van der Waals surface area contributed by atoms with Crippen LogP contribution < -0.4 is 11.3 Å². The van der Waals surface area contributed by atoms with E-state index < -0.39 is 0 Å². The molecule has 0 saturated carbocycles. The van der Waals surface area contributed by atoms with Crippen molar-refractivity contribution in [3.05, 3.63) is 52.7 Å². The highest BCUT2D eigenvalue weighted by Crippen LogP contribution is 2.25. The van der Waals surface area contributed by atoms with Crippen LogP contribution in [0.25, 0.3) is 0 Å². The monoisotopic (exact) mass is 265 g/mol. The molecule has 0 saturated heterocycles. The summed E-state index contributed by atoms with van der Waals surface area (Å²) >= 11 is 5.94. The van der Waals surface area contributed by atoms with E-state index in [2.05, 4.69) is 23.4 Å². The van der Waals surface area contributed by atoms with E-state index in [1.54, 1.807) is 6.26 Å². The summed E-state index contributed by atoms with van der Waals surface area (Å²) in [6.45, 7) is 2.10.